The molecule has 0 aliphatic carbocycles. The zero-order valence-electron chi connectivity index (χ0n) is 14.1. The lowest BCUT2D eigenvalue weighted by atomic mass is 10.2. The molecule has 0 saturated carbocycles. The second kappa shape index (κ2) is 10.5. The fourth-order valence-electron chi connectivity index (χ4n) is 2.11. The summed E-state index contributed by atoms with van der Waals surface area (Å²) in [6.07, 6.45) is 3.40. The van der Waals surface area contributed by atoms with Crippen molar-refractivity contribution in [3.05, 3.63) is 51.4 Å². The molecule has 0 unspecified atom stereocenters. The van der Waals surface area contributed by atoms with Crippen molar-refractivity contribution in [3.63, 3.8) is 0 Å². The number of amides is 1. The molecule has 0 aliphatic rings. The summed E-state index contributed by atoms with van der Waals surface area (Å²) in [7, 11) is 0. The Morgan fingerprint density at radius 2 is 1.80 bits per heavy atom. The topological polar surface area (TPSA) is 47.6 Å². The third-order valence-corrected chi connectivity index (χ3v) is 4.52. The van der Waals surface area contributed by atoms with E-state index >= 15 is 0 Å². The van der Waals surface area contributed by atoms with Crippen molar-refractivity contribution in [2.45, 2.75) is 26.2 Å². The standard InChI is InChI=1S/C19H21Br2NO3/c1-2-3-4-11-24-16-8-6-15(7-9-16)22-19(23)13-25-18-10-5-14(20)12-17(18)21/h5-10,12H,2-4,11,13H2,1H3,(H,22,23). The summed E-state index contributed by atoms with van der Waals surface area (Å²) in [4.78, 5) is 12.0. The molecule has 0 aromatic heterocycles. The fraction of sp³-hybridized carbons (Fsp3) is 0.316. The summed E-state index contributed by atoms with van der Waals surface area (Å²) in [6, 6.07) is 12.9. The number of unbranched alkanes of at least 4 members (excludes halogenated alkanes) is 2. The Kier molecular flexibility index (Phi) is 8.28. The molecule has 1 amide bonds. The first-order valence-electron chi connectivity index (χ1n) is 8.19. The SMILES string of the molecule is CCCCCOc1ccc(NC(=O)COc2ccc(Br)cc2Br)cc1. The number of nitrogens with one attached hydrogen (secondary N) is 1. The van der Waals surface area contributed by atoms with Gasteiger partial charge in [0.05, 0.1) is 11.1 Å². The van der Waals surface area contributed by atoms with Gasteiger partial charge < -0.3 is 14.8 Å². The number of rotatable bonds is 9. The Balaban J connectivity index is 1.78. The molecule has 0 radical (unpaired) electrons. The van der Waals surface area contributed by atoms with Crippen LogP contribution in [0, 0.1) is 0 Å². The number of halogens is 2. The van der Waals surface area contributed by atoms with Crippen LogP contribution in [0.25, 0.3) is 0 Å². The molecule has 0 spiro atoms. The molecule has 4 nitrogen and oxygen atoms in total. The van der Waals surface area contributed by atoms with E-state index in [9.17, 15) is 4.79 Å². The first-order valence-corrected chi connectivity index (χ1v) is 9.77. The minimum atomic E-state index is -0.216. The average Bonchev–Trinajstić information content (AvgIpc) is 2.59. The largest absolute Gasteiger partial charge is 0.494 e. The lowest BCUT2D eigenvalue weighted by Gasteiger charge is -2.10. The molecule has 2 aromatic carbocycles. The highest BCUT2D eigenvalue weighted by Gasteiger charge is 2.07. The van der Waals surface area contributed by atoms with Crippen LogP contribution >= 0.6 is 31.9 Å². The van der Waals surface area contributed by atoms with E-state index in [1.165, 1.54) is 12.8 Å². The Hall–Kier alpha value is -1.53. The van der Waals surface area contributed by atoms with E-state index < -0.39 is 0 Å². The van der Waals surface area contributed by atoms with Crippen LogP contribution in [0.2, 0.25) is 0 Å². The maximum absolute atomic E-state index is 12.0. The normalized spacial score (nSPS) is 10.4. The van der Waals surface area contributed by atoms with E-state index in [1.54, 1.807) is 6.07 Å². The van der Waals surface area contributed by atoms with E-state index in [0.29, 0.717) is 11.4 Å². The summed E-state index contributed by atoms with van der Waals surface area (Å²) in [5, 5.41) is 2.80. The molecular weight excluding hydrogens is 450 g/mol. The van der Waals surface area contributed by atoms with Crippen LogP contribution in [-0.4, -0.2) is 19.1 Å². The van der Waals surface area contributed by atoms with Crippen LogP contribution in [0.1, 0.15) is 26.2 Å². The maximum atomic E-state index is 12.0. The number of hydrogen-bond acceptors (Lipinski definition) is 3. The summed E-state index contributed by atoms with van der Waals surface area (Å²) in [5.74, 6) is 1.21. The van der Waals surface area contributed by atoms with Crippen molar-refractivity contribution >= 4 is 43.5 Å². The zero-order chi connectivity index (χ0) is 18.1. The summed E-state index contributed by atoms with van der Waals surface area (Å²) >= 11 is 6.78. The van der Waals surface area contributed by atoms with Crippen molar-refractivity contribution in [2.24, 2.45) is 0 Å². The monoisotopic (exact) mass is 469 g/mol. The second-order valence-electron chi connectivity index (χ2n) is 5.49. The molecule has 134 valence electrons. The number of carbonyl (C=O) groups is 1. The molecule has 0 aliphatic heterocycles. The second-order valence-corrected chi connectivity index (χ2v) is 7.26. The van der Waals surface area contributed by atoms with Gasteiger partial charge in [0, 0.05) is 10.2 Å². The van der Waals surface area contributed by atoms with Gasteiger partial charge in [0.15, 0.2) is 6.61 Å². The van der Waals surface area contributed by atoms with Crippen molar-refractivity contribution in [2.75, 3.05) is 18.5 Å². The Morgan fingerprint density at radius 3 is 2.48 bits per heavy atom. The Labute approximate surface area is 165 Å². The van der Waals surface area contributed by atoms with Gasteiger partial charge in [0.2, 0.25) is 0 Å². The lowest BCUT2D eigenvalue weighted by Crippen LogP contribution is -2.20. The van der Waals surface area contributed by atoms with E-state index in [1.807, 2.05) is 36.4 Å². The molecule has 25 heavy (non-hydrogen) atoms. The molecule has 6 heteroatoms. The molecular formula is C19H21Br2NO3. The molecule has 0 atom stereocenters. The van der Waals surface area contributed by atoms with Gasteiger partial charge in [-0.2, -0.15) is 0 Å². The van der Waals surface area contributed by atoms with Crippen LogP contribution in [0.15, 0.2) is 51.4 Å². The highest BCUT2D eigenvalue weighted by Crippen LogP contribution is 2.28. The number of ether oxygens (including phenoxy) is 2. The molecule has 0 fully saturated rings. The van der Waals surface area contributed by atoms with Gasteiger partial charge in [0.25, 0.3) is 5.91 Å². The van der Waals surface area contributed by atoms with Gasteiger partial charge in [-0.25, -0.2) is 0 Å². The first kappa shape index (κ1) is 19.8. The van der Waals surface area contributed by atoms with E-state index in [-0.39, 0.29) is 12.5 Å². The van der Waals surface area contributed by atoms with Gasteiger partial charge >= 0.3 is 0 Å². The quantitative estimate of drug-likeness (QED) is 0.471. The molecule has 0 heterocycles. The Morgan fingerprint density at radius 1 is 1.04 bits per heavy atom. The minimum Gasteiger partial charge on any atom is -0.494 e. The molecule has 1 N–H and O–H groups in total. The van der Waals surface area contributed by atoms with Gasteiger partial charge in [-0.15, -0.1) is 0 Å². The summed E-state index contributed by atoms with van der Waals surface area (Å²) < 4.78 is 12.9. The predicted octanol–water partition coefficient (Wildman–Crippen LogP) is 5.80. The molecule has 0 saturated heterocycles. The van der Waals surface area contributed by atoms with Gasteiger partial charge in [0.1, 0.15) is 11.5 Å². The van der Waals surface area contributed by atoms with Crippen LogP contribution in [0.4, 0.5) is 5.69 Å². The van der Waals surface area contributed by atoms with E-state index in [4.69, 9.17) is 9.47 Å². The smallest absolute Gasteiger partial charge is 0.262 e. The van der Waals surface area contributed by atoms with Crippen molar-refractivity contribution in [3.8, 4) is 11.5 Å². The highest BCUT2D eigenvalue weighted by atomic mass is 79.9. The van der Waals surface area contributed by atoms with E-state index in [2.05, 4.69) is 44.1 Å². The number of anilines is 1. The van der Waals surface area contributed by atoms with Crippen LogP contribution in [-0.2, 0) is 4.79 Å². The number of hydrogen-bond donors (Lipinski definition) is 1. The van der Waals surface area contributed by atoms with Crippen LogP contribution in [0.3, 0.4) is 0 Å². The van der Waals surface area contributed by atoms with Crippen LogP contribution in [0.5, 0.6) is 11.5 Å². The zero-order valence-corrected chi connectivity index (χ0v) is 17.2. The van der Waals surface area contributed by atoms with Gasteiger partial charge in [-0.05, 0) is 64.8 Å². The van der Waals surface area contributed by atoms with Crippen molar-refractivity contribution in [1.29, 1.82) is 0 Å². The third-order valence-electron chi connectivity index (χ3n) is 3.41. The molecule has 2 rings (SSSR count). The lowest BCUT2D eigenvalue weighted by molar-refractivity contribution is -0.118. The van der Waals surface area contributed by atoms with Crippen molar-refractivity contribution in [1.82, 2.24) is 0 Å². The minimum absolute atomic E-state index is 0.0600. The summed E-state index contributed by atoms with van der Waals surface area (Å²) in [6.45, 7) is 2.82. The van der Waals surface area contributed by atoms with E-state index in [0.717, 1.165) is 27.7 Å². The Bertz CT molecular complexity index is 690. The highest BCUT2D eigenvalue weighted by molar-refractivity contribution is 9.11. The fourth-order valence-corrected chi connectivity index (χ4v) is 3.27. The van der Waals surface area contributed by atoms with Gasteiger partial charge in [-0.1, -0.05) is 35.7 Å². The average molecular weight is 471 g/mol. The number of benzene rings is 2. The first-order chi connectivity index (χ1) is 12.1. The van der Waals surface area contributed by atoms with Gasteiger partial charge in [-0.3, -0.25) is 4.79 Å². The molecule has 2 aromatic rings. The van der Waals surface area contributed by atoms with Crippen LogP contribution < -0.4 is 14.8 Å². The van der Waals surface area contributed by atoms with Crippen molar-refractivity contribution < 1.29 is 14.3 Å². The maximum Gasteiger partial charge on any atom is 0.262 e. The number of carbonyl (C=O) groups excluding carboxylic acids is 1. The summed E-state index contributed by atoms with van der Waals surface area (Å²) in [5.41, 5.74) is 0.712. The predicted molar refractivity (Wildman–Crippen MR) is 107 cm³/mol. The molecule has 0 bridgehead atoms. The third kappa shape index (κ3) is 7.08.